The number of halogens is 2. The Kier molecular flexibility index (Phi) is 6.53. The summed E-state index contributed by atoms with van der Waals surface area (Å²) >= 11 is 12.0. The fourth-order valence-corrected chi connectivity index (χ4v) is 5.58. The first-order chi connectivity index (χ1) is 16.1. The van der Waals surface area contributed by atoms with Crippen molar-refractivity contribution in [2.45, 2.75) is 24.7 Å². The molecular formula is C23H19Cl2N3O5S. The molecule has 4 rings (SSSR count). The molecule has 176 valence electrons. The van der Waals surface area contributed by atoms with Gasteiger partial charge in [0.1, 0.15) is 6.54 Å². The maximum Gasteiger partial charge on any atom is 0.324 e. The highest BCUT2D eigenvalue weighted by Gasteiger charge is 2.28. The normalized spacial score (nSPS) is 11.8. The molecule has 0 spiro atoms. The Labute approximate surface area is 205 Å². The second kappa shape index (κ2) is 9.25. The van der Waals surface area contributed by atoms with Crippen molar-refractivity contribution in [3.8, 4) is 11.4 Å². The van der Waals surface area contributed by atoms with Crippen LogP contribution < -0.4 is 4.31 Å². The second-order valence-electron chi connectivity index (χ2n) is 7.83. The van der Waals surface area contributed by atoms with E-state index in [2.05, 4.69) is 10.1 Å². The molecule has 3 aromatic carbocycles. The van der Waals surface area contributed by atoms with Gasteiger partial charge < -0.3 is 9.63 Å². The lowest BCUT2D eigenvalue weighted by Crippen LogP contribution is -2.35. The van der Waals surface area contributed by atoms with Crippen molar-refractivity contribution in [3.05, 3.63) is 70.5 Å². The highest BCUT2D eigenvalue weighted by molar-refractivity contribution is 7.92. The minimum atomic E-state index is -4.29. The topological polar surface area (TPSA) is 114 Å². The van der Waals surface area contributed by atoms with Crippen LogP contribution >= 0.6 is 23.2 Å². The zero-order chi connectivity index (χ0) is 24.6. The summed E-state index contributed by atoms with van der Waals surface area (Å²) in [6.45, 7) is 3.09. The summed E-state index contributed by atoms with van der Waals surface area (Å²) in [6.07, 6.45) is 0. The number of hydrogen-bond donors (Lipinski definition) is 1. The molecule has 0 atom stereocenters. The Balaban J connectivity index is 1.83. The van der Waals surface area contributed by atoms with Crippen molar-refractivity contribution in [2.75, 3.05) is 10.8 Å². The van der Waals surface area contributed by atoms with Crippen molar-refractivity contribution >= 4 is 55.7 Å². The molecule has 1 heterocycles. The Morgan fingerprint density at radius 3 is 2.41 bits per heavy atom. The van der Waals surface area contributed by atoms with Gasteiger partial charge in [0.15, 0.2) is 0 Å². The number of aliphatic carboxylic acids is 1. The fraction of sp³-hybridized carbons (Fsp3) is 0.174. The Bertz CT molecular complexity index is 1480. The largest absolute Gasteiger partial charge is 0.480 e. The van der Waals surface area contributed by atoms with Gasteiger partial charge in [0.05, 0.1) is 10.6 Å². The highest BCUT2D eigenvalue weighted by atomic mass is 35.5. The van der Waals surface area contributed by atoms with E-state index >= 15 is 0 Å². The zero-order valence-electron chi connectivity index (χ0n) is 18.1. The van der Waals surface area contributed by atoms with Crippen LogP contribution in [0.5, 0.6) is 0 Å². The molecule has 0 aliphatic heterocycles. The predicted octanol–water partition coefficient (Wildman–Crippen LogP) is 5.60. The number of nitrogens with zero attached hydrogens (tertiary/aromatic N) is 3. The van der Waals surface area contributed by atoms with Gasteiger partial charge in [-0.2, -0.15) is 4.98 Å². The molecule has 0 amide bonds. The SMILES string of the molecule is CC(C)c1nc(-c2cccc3cc(N(CC(=O)O)S(=O)(=O)c4cc(Cl)cc(Cl)c4)ccc23)no1. The van der Waals surface area contributed by atoms with E-state index in [0.29, 0.717) is 22.7 Å². The van der Waals surface area contributed by atoms with Crippen LogP contribution in [0, 0.1) is 0 Å². The summed E-state index contributed by atoms with van der Waals surface area (Å²) in [5.74, 6) is -0.343. The summed E-state index contributed by atoms with van der Waals surface area (Å²) in [5, 5.41) is 15.1. The number of sulfonamides is 1. The van der Waals surface area contributed by atoms with E-state index in [4.69, 9.17) is 27.7 Å². The number of carboxylic acids is 1. The maximum atomic E-state index is 13.4. The summed E-state index contributed by atoms with van der Waals surface area (Å²) < 4.78 is 32.9. The minimum absolute atomic E-state index is 0.0672. The van der Waals surface area contributed by atoms with Crippen molar-refractivity contribution in [3.63, 3.8) is 0 Å². The van der Waals surface area contributed by atoms with E-state index < -0.39 is 22.5 Å². The van der Waals surface area contributed by atoms with Crippen LogP contribution in [0.2, 0.25) is 10.0 Å². The average molecular weight is 520 g/mol. The Morgan fingerprint density at radius 2 is 1.79 bits per heavy atom. The monoisotopic (exact) mass is 519 g/mol. The summed E-state index contributed by atoms with van der Waals surface area (Å²) in [7, 11) is -4.29. The smallest absolute Gasteiger partial charge is 0.324 e. The molecule has 0 bridgehead atoms. The van der Waals surface area contributed by atoms with E-state index in [1.807, 2.05) is 19.9 Å². The number of rotatable bonds is 7. The Hall–Kier alpha value is -3.14. The van der Waals surface area contributed by atoms with Gasteiger partial charge in [-0.3, -0.25) is 9.10 Å². The molecule has 4 aromatic rings. The lowest BCUT2D eigenvalue weighted by atomic mass is 10.0. The molecule has 11 heteroatoms. The van der Waals surface area contributed by atoms with Crippen molar-refractivity contribution < 1.29 is 22.8 Å². The third-order valence-corrected chi connectivity index (χ3v) is 7.22. The molecule has 0 saturated heterocycles. The van der Waals surface area contributed by atoms with E-state index in [9.17, 15) is 18.3 Å². The molecule has 0 aliphatic carbocycles. The van der Waals surface area contributed by atoms with Crippen LogP contribution in [-0.4, -0.2) is 36.2 Å². The molecule has 1 aromatic heterocycles. The number of fused-ring (bicyclic) bond motifs is 1. The molecule has 0 aliphatic rings. The number of anilines is 1. The molecule has 8 nitrogen and oxygen atoms in total. The lowest BCUT2D eigenvalue weighted by molar-refractivity contribution is -0.135. The van der Waals surface area contributed by atoms with Gasteiger partial charge >= 0.3 is 5.97 Å². The summed E-state index contributed by atoms with van der Waals surface area (Å²) in [4.78, 5) is 15.8. The van der Waals surface area contributed by atoms with E-state index in [-0.39, 0.29) is 26.5 Å². The molecule has 0 unspecified atom stereocenters. The van der Waals surface area contributed by atoms with Crippen LogP contribution in [0.15, 0.2) is 64.0 Å². The lowest BCUT2D eigenvalue weighted by Gasteiger charge is -2.23. The second-order valence-corrected chi connectivity index (χ2v) is 10.6. The number of hydrogen-bond acceptors (Lipinski definition) is 6. The van der Waals surface area contributed by atoms with Gasteiger partial charge in [0, 0.05) is 21.5 Å². The Morgan fingerprint density at radius 1 is 1.09 bits per heavy atom. The standard InChI is InChI=1S/C23H19Cl2N3O5S/c1-13(2)23-26-22(27-33-23)20-5-3-4-14-8-17(6-7-19(14)20)28(12-21(29)30)34(31,32)18-10-15(24)9-16(25)11-18/h3-11,13H,12H2,1-2H3,(H,29,30). The number of aromatic nitrogens is 2. The number of carboxylic acid groups (broad SMARTS) is 1. The predicted molar refractivity (Wildman–Crippen MR) is 130 cm³/mol. The first kappa shape index (κ1) is 24.0. The third kappa shape index (κ3) is 4.72. The van der Waals surface area contributed by atoms with Crippen molar-refractivity contribution in [1.82, 2.24) is 10.1 Å². The van der Waals surface area contributed by atoms with Gasteiger partial charge in [0.25, 0.3) is 10.0 Å². The van der Waals surface area contributed by atoms with Crippen LogP contribution in [0.3, 0.4) is 0 Å². The van der Waals surface area contributed by atoms with Gasteiger partial charge in [-0.25, -0.2) is 8.42 Å². The summed E-state index contributed by atoms with van der Waals surface area (Å²) in [5.41, 5.74) is 0.869. The van der Waals surface area contributed by atoms with E-state index in [1.54, 1.807) is 24.3 Å². The van der Waals surface area contributed by atoms with Crippen LogP contribution in [-0.2, 0) is 14.8 Å². The van der Waals surface area contributed by atoms with Crippen LogP contribution in [0.25, 0.3) is 22.2 Å². The molecule has 0 saturated carbocycles. The average Bonchev–Trinajstić information content (AvgIpc) is 3.26. The van der Waals surface area contributed by atoms with Gasteiger partial charge in [-0.05, 0) is 41.1 Å². The first-order valence-electron chi connectivity index (χ1n) is 10.1. The molecule has 0 fully saturated rings. The molecule has 1 N–H and O–H groups in total. The maximum absolute atomic E-state index is 13.4. The quantitative estimate of drug-likeness (QED) is 0.337. The van der Waals surface area contributed by atoms with Gasteiger partial charge in [-0.1, -0.05) is 66.5 Å². The van der Waals surface area contributed by atoms with Crippen molar-refractivity contribution in [1.29, 1.82) is 0 Å². The third-order valence-electron chi connectivity index (χ3n) is 5.03. The highest BCUT2D eigenvalue weighted by Crippen LogP contribution is 2.33. The van der Waals surface area contributed by atoms with Crippen LogP contribution in [0.1, 0.15) is 25.7 Å². The van der Waals surface area contributed by atoms with Crippen molar-refractivity contribution in [2.24, 2.45) is 0 Å². The van der Waals surface area contributed by atoms with Gasteiger partial charge in [0.2, 0.25) is 11.7 Å². The minimum Gasteiger partial charge on any atom is -0.480 e. The zero-order valence-corrected chi connectivity index (χ0v) is 20.4. The first-order valence-corrected chi connectivity index (χ1v) is 12.3. The van der Waals surface area contributed by atoms with Gasteiger partial charge in [-0.15, -0.1) is 0 Å². The van der Waals surface area contributed by atoms with E-state index in [0.717, 1.165) is 9.69 Å². The number of carbonyl (C=O) groups is 1. The molecule has 34 heavy (non-hydrogen) atoms. The fourth-order valence-electron chi connectivity index (χ4n) is 3.44. The summed E-state index contributed by atoms with van der Waals surface area (Å²) in [6, 6.07) is 14.0. The molecular weight excluding hydrogens is 501 g/mol. The van der Waals surface area contributed by atoms with E-state index in [1.165, 1.54) is 24.3 Å². The number of benzene rings is 3. The molecule has 0 radical (unpaired) electrons. The van der Waals surface area contributed by atoms with Crippen LogP contribution in [0.4, 0.5) is 5.69 Å².